The molecule has 1 rings (SSSR count). The Morgan fingerprint density at radius 1 is 1.36 bits per heavy atom. The van der Waals surface area contributed by atoms with Crippen LogP contribution in [0.25, 0.3) is 0 Å². The van der Waals surface area contributed by atoms with E-state index >= 15 is 0 Å². The summed E-state index contributed by atoms with van der Waals surface area (Å²) in [4.78, 5) is 9.69. The highest BCUT2D eigenvalue weighted by atomic mass is 16.5. The normalized spacial score (nSPS) is 29.4. The van der Waals surface area contributed by atoms with Crippen molar-refractivity contribution >= 4 is 0 Å². The van der Waals surface area contributed by atoms with Gasteiger partial charge in [-0.15, -0.1) is 0 Å². The van der Waals surface area contributed by atoms with Gasteiger partial charge in [0.25, 0.3) is 0 Å². The Balaban J connectivity index is 0. The second-order valence-electron chi connectivity index (χ2n) is 2.24. The van der Waals surface area contributed by atoms with E-state index in [0.29, 0.717) is 0 Å². The Morgan fingerprint density at radius 2 is 1.86 bits per heavy atom. The molecular weight excluding hydrogens is 190 g/mol. The van der Waals surface area contributed by atoms with Gasteiger partial charge >= 0.3 is 0 Å². The molecule has 1 fully saturated rings. The van der Waals surface area contributed by atoms with E-state index in [-0.39, 0.29) is 13.2 Å². The van der Waals surface area contributed by atoms with Gasteiger partial charge in [0.1, 0.15) is 24.9 Å². The zero-order chi connectivity index (χ0) is 11.6. The van der Waals surface area contributed by atoms with Gasteiger partial charge in [0.15, 0.2) is 0 Å². The minimum atomic E-state index is -0.960. The molecule has 1 heterocycles. The smallest absolute Gasteiger partial charge is 0.110 e. The maximum Gasteiger partial charge on any atom is 0.110 e. The SMILES string of the molecule is CC.CO.O=NCC1OCC(O)C1O. The van der Waals surface area contributed by atoms with Gasteiger partial charge < -0.3 is 20.1 Å². The molecule has 0 saturated carbocycles. The molecule has 3 atom stereocenters. The molecule has 0 aromatic heterocycles. The van der Waals surface area contributed by atoms with Gasteiger partial charge in [0.2, 0.25) is 0 Å². The fourth-order valence-electron chi connectivity index (χ4n) is 0.901. The summed E-state index contributed by atoms with van der Waals surface area (Å²) in [7, 11) is 1.00. The summed E-state index contributed by atoms with van der Waals surface area (Å²) in [6.07, 6.45) is -2.45. The molecular formula is C8H19NO5. The van der Waals surface area contributed by atoms with Crippen molar-refractivity contribution in [3.8, 4) is 0 Å². The predicted molar refractivity (Wildman–Crippen MR) is 51.9 cm³/mol. The lowest BCUT2D eigenvalue weighted by atomic mass is 10.1. The minimum Gasteiger partial charge on any atom is -0.400 e. The van der Waals surface area contributed by atoms with Crippen LogP contribution in [0.3, 0.4) is 0 Å². The summed E-state index contributed by atoms with van der Waals surface area (Å²) in [5.41, 5.74) is 0. The largest absolute Gasteiger partial charge is 0.400 e. The Bertz CT molecular complexity index is 133. The van der Waals surface area contributed by atoms with Crippen LogP contribution in [-0.2, 0) is 4.74 Å². The van der Waals surface area contributed by atoms with Crippen molar-refractivity contribution in [2.45, 2.75) is 32.2 Å². The van der Waals surface area contributed by atoms with E-state index in [2.05, 4.69) is 5.18 Å². The molecule has 0 aromatic rings. The van der Waals surface area contributed by atoms with Crippen LogP contribution >= 0.6 is 0 Å². The van der Waals surface area contributed by atoms with Crippen LogP contribution in [0.2, 0.25) is 0 Å². The number of aliphatic hydroxyl groups excluding tert-OH is 3. The molecule has 1 aliphatic heterocycles. The fraction of sp³-hybridized carbons (Fsp3) is 1.00. The van der Waals surface area contributed by atoms with Crippen LogP contribution < -0.4 is 0 Å². The molecule has 0 spiro atoms. The third-order valence-electron chi connectivity index (χ3n) is 1.51. The topological polar surface area (TPSA) is 99.4 Å². The summed E-state index contributed by atoms with van der Waals surface area (Å²) >= 11 is 0. The zero-order valence-corrected chi connectivity index (χ0v) is 8.75. The Hall–Kier alpha value is -0.560. The van der Waals surface area contributed by atoms with Crippen LogP contribution in [0.4, 0.5) is 0 Å². The van der Waals surface area contributed by atoms with Crippen LogP contribution in [0.5, 0.6) is 0 Å². The second-order valence-corrected chi connectivity index (χ2v) is 2.24. The van der Waals surface area contributed by atoms with Crippen LogP contribution in [0.1, 0.15) is 13.8 Å². The van der Waals surface area contributed by atoms with Gasteiger partial charge in [-0.1, -0.05) is 19.0 Å². The molecule has 0 bridgehead atoms. The summed E-state index contributed by atoms with van der Waals surface area (Å²) in [6, 6.07) is 0. The molecule has 1 saturated heterocycles. The molecule has 0 radical (unpaired) electrons. The van der Waals surface area contributed by atoms with Crippen LogP contribution in [-0.4, -0.2) is 53.9 Å². The van der Waals surface area contributed by atoms with Crippen molar-refractivity contribution in [2.75, 3.05) is 20.3 Å². The van der Waals surface area contributed by atoms with Gasteiger partial charge in [-0.2, -0.15) is 4.91 Å². The van der Waals surface area contributed by atoms with E-state index in [1.807, 2.05) is 13.8 Å². The molecule has 0 aliphatic carbocycles. The van der Waals surface area contributed by atoms with Gasteiger partial charge in [-0.3, -0.25) is 0 Å². The first-order valence-electron chi connectivity index (χ1n) is 4.47. The van der Waals surface area contributed by atoms with Crippen molar-refractivity contribution in [3.05, 3.63) is 4.91 Å². The highest BCUT2D eigenvalue weighted by Gasteiger charge is 2.34. The minimum absolute atomic E-state index is 0.0847. The fourth-order valence-corrected chi connectivity index (χ4v) is 0.901. The van der Waals surface area contributed by atoms with Gasteiger partial charge in [-0.05, 0) is 0 Å². The van der Waals surface area contributed by atoms with E-state index in [9.17, 15) is 4.91 Å². The molecule has 3 unspecified atom stereocenters. The number of hydrogen-bond acceptors (Lipinski definition) is 6. The number of rotatable bonds is 2. The van der Waals surface area contributed by atoms with E-state index in [0.717, 1.165) is 7.11 Å². The summed E-state index contributed by atoms with van der Waals surface area (Å²) in [5, 5.41) is 27.4. The summed E-state index contributed by atoms with van der Waals surface area (Å²) in [5.74, 6) is 0. The van der Waals surface area contributed by atoms with Crippen LogP contribution in [0, 0.1) is 4.91 Å². The van der Waals surface area contributed by atoms with Gasteiger partial charge in [-0.25, -0.2) is 0 Å². The van der Waals surface area contributed by atoms with E-state index in [1.54, 1.807) is 0 Å². The van der Waals surface area contributed by atoms with Crippen LogP contribution in [0.15, 0.2) is 5.18 Å². The molecule has 6 heteroatoms. The third kappa shape index (κ3) is 5.23. The quantitative estimate of drug-likeness (QED) is 0.533. The average molecular weight is 209 g/mol. The molecule has 0 aromatic carbocycles. The predicted octanol–water partition coefficient (Wildman–Crippen LogP) is -0.492. The molecule has 0 amide bonds. The molecule has 86 valence electrons. The van der Waals surface area contributed by atoms with Crippen molar-refractivity contribution in [1.29, 1.82) is 0 Å². The van der Waals surface area contributed by atoms with Crippen molar-refractivity contribution < 1.29 is 20.1 Å². The Labute approximate surface area is 83.5 Å². The first kappa shape index (κ1) is 15.9. The Morgan fingerprint density at radius 3 is 2.14 bits per heavy atom. The first-order valence-corrected chi connectivity index (χ1v) is 4.47. The van der Waals surface area contributed by atoms with E-state index in [4.69, 9.17) is 20.1 Å². The number of nitrogens with zero attached hydrogens (tertiary/aromatic N) is 1. The highest BCUT2D eigenvalue weighted by molar-refractivity contribution is 4.84. The summed E-state index contributed by atoms with van der Waals surface area (Å²) < 4.78 is 4.82. The molecule has 3 N–H and O–H groups in total. The standard InChI is InChI=1S/C5H9NO4.C2H6.CH4O/c7-3-2-10-4(1-6-9)5(3)8;2*1-2/h3-5,7-8H,1-2H2;1-2H3;2H,1H3. The maximum atomic E-state index is 9.69. The average Bonchev–Trinajstić information content (AvgIpc) is 2.56. The first-order chi connectivity index (χ1) is 6.75. The lowest BCUT2D eigenvalue weighted by Gasteiger charge is -2.09. The van der Waals surface area contributed by atoms with Gasteiger partial charge in [0.05, 0.1) is 6.61 Å². The van der Waals surface area contributed by atoms with E-state index in [1.165, 1.54) is 0 Å². The van der Waals surface area contributed by atoms with Gasteiger partial charge in [0, 0.05) is 7.11 Å². The number of nitroso groups, excluding NO2 is 1. The van der Waals surface area contributed by atoms with E-state index < -0.39 is 18.3 Å². The number of ether oxygens (including phenoxy) is 1. The van der Waals surface area contributed by atoms with Crippen molar-refractivity contribution in [1.82, 2.24) is 0 Å². The number of aliphatic hydroxyl groups is 3. The van der Waals surface area contributed by atoms with Crippen molar-refractivity contribution in [2.24, 2.45) is 5.18 Å². The summed E-state index contributed by atoms with van der Waals surface area (Å²) in [6.45, 7) is 3.99. The highest BCUT2D eigenvalue weighted by Crippen LogP contribution is 2.13. The zero-order valence-electron chi connectivity index (χ0n) is 8.75. The lowest BCUT2D eigenvalue weighted by Crippen LogP contribution is -2.31. The monoisotopic (exact) mass is 209 g/mol. The third-order valence-corrected chi connectivity index (χ3v) is 1.51. The molecule has 14 heavy (non-hydrogen) atoms. The second kappa shape index (κ2) is 10.5. The lowest BCUT2D eigenvalue weighted by molar-refractivity contribution is 0.0277. The number of hydrogen-bond donors (Lipinski definition) is 3. The maximum absolute atomic E-state index is 9.69. The van der Waals surface area contributed by atoms with Crippen molar-refractivity contribution in [3.63, 3.8) is 0 Å². The molecule has 6 nitrogen and oxygen atoms in total. The molecule has 1 aliphatic rings. The Kier molecular flexibility index (Phi) is 11.9.